The minimum atomic E-state index is -1.45. The molecular weight excluding hydrogens is 148 g/mol. The van der Waals surface area contributed by atoms with Crippen molar-refractivity contribution in [1.29, 1.82) is 0 Å². The van der Waals surface area contributed by atoms with Gasteiger partial charge in [-0.3, -0.25) is 0 Å². The van der Waals surface area contributed by atoms with E-state index in [1.165, 1.54) is 6.92 Å². The number of rotatable bonds is 1. The summed E-state index contributed by atoms with van der Waals surface area (Å²) in [4.78, 5) is 10.6. The molecule has 2 unspecified atom stereocenters. The van der Waals surface area contributed by atoms with Gasteiger partial charge in [0.2, 0.25) is 0 Å². The van der Waals surface area contributed by atoms with Crippen molar-refractivity contribution >= 4 is 5.97 Å². The average molecular weight is 160 g/mol. The van der Waals surface area contributed by atoms with Gasteiger partial charge in [0, 0.05) is 6.92 Å². The molecule has 1 saturated heterocycles. The lowest BCUT2D eigenvalue weighted by Gasteiger charge is -2.16. The molecule has 0 aromatic heterocycles. The topological polar surface area (TPSA) is 55.8 Å². The molecule has 0 spiro atoms. The van der Waals surface area contributed by atoms with E-state index in [-0.39, 0.29) is 12.2 Å². The maximum atomic E-state index is 10.6. The molecule has 4 nitrogen and oxygen atoms in total. The lowest BCUT2D eigenvalue weighted by Crippen LogP contribution is -2.36. The minimum Gasteiger partial charge on any atom is -0.477 e. The standard InChI is InChI=1S/C7H12O4/c1-4-5(2)11-7(3,10-4)6(8)9/h4-5H,1-3H3,(H,8,9). The van der Waals surface area contributed by atoms with Gasteiger partial charge >= 0.3 is 5.97 Å². The highest BCUT2D eigenvalue weighted by molar-refractivity contribution is 5.75. The number of aliphatic carboxylic acids is 1. The Kier molecular flexibility index (Phi) is 1.90. The van der Waals surface area contributed by atoms with Crippen LogP contribution < -0.4 is 0 Å². The van der Waals surface area contributed by atoms with Crippen LogP contribution in [0.1, 0.15) is 20.8 Å². The summed E-state index contributed by atoms with van der Waals surface area (Å²) in [6, 6.07) is 0. The predicted octanol–water partition coefficient (Wildman–Crippen LogP) is 0.611. The van der Waals surface area contributed by atoms with Crippen LogP contribution in [0.3, 0.4) is 0 Å². The van der Waals surface area contributed by atoms with Crippen molar-refractivity contribution in [2.75, 3.05) is 0 Å². The van der Waals surface area contributed by atoms with Gasteiger partial charge in [-0.15, -0.1) is 0 Å². The van der Waals surface area contributed by atoms with Crippen molar-refractivity contribution in [3.8, 4) is 0 Å². The summed E-state index contributed by atoms with van der Waals surface area (Å²) >= 11 is 0. The first-order chi connectivity index (χ1) is 4.96. The number of ether oxygens (including phenoxy) is 2. The SMILES string of the molecule is CC1OC(C)(C(=O)O)OC1C. The Morgan fingerprint density at radius 1 is 1.36 bits per heavy atom. The fourth-order valence-corrected chi connectivity index (χ4v) is 1.03. The van der Waals surface area contributed by atoms with Crippen LogP contribution in [0.4, 0.5) is 0 Å². The zero-order valence-corrected chi connectivity index (χ0v) is 6.83. The summed E-state index contributed by atoms with van der Waals surface area (Å²) in [6.45, 7) is 4.99. The molecule has 1 aliphatic rings. The van der Waals surface area contributed by atoms with Gasteiger partial charge in [-0.1, -0.05) is 0 Å². The summed E-state index contributed by atoms with van der Waals surface area (Å²) < 4.78 is 10.2. The van der Waals surface area contributed by atoms with Crippen LogP contribution in [-0.4, -0.2) is 29.1 Å². The van der Waals surface area contributed by atoms with Crippen LogP contribution in [0.2, 0.25) is 0 Å². The molecule has 2 atom stereocenters. The van der Waals surface area contributed by atoms with Crippen LogP contribution >= 0.6 is 0 Å². The fourth-order valence-electron chi connectivity index (χ4n) is 1.03. The summed E-state index contributed by atoms with van der Waals surface area (Å²) in [6.07, 6.45) is -0.313. The highest BCUT2D eigenvalue weighted by Gasteiger charge is 2.46. The first kappa shape index (κ1) is 8.49. The Hall–Kier alpha value is -0.610. The predicted molar refractivity (Wildman–Crippen MR) is 37.1 cm³/mol. The molecule has 1 heterocycles. The van der Waals surface area contributed by atoms with Crippen LogP contribution in [0.5, 0.6) is 0 Å². The van der Waals surface area contributed by atoms with E-state index in [0.29, 0.717) is 0 Å². The second-order valence-electron chi connectivity index (χ2n) is 2.90. The molecule has 11 heavy (non-hydrogen) atoms. The third-order valence-electron chi connectivity index (χ3n) is 1.87. The summed E-state index contributed by atoms with van der Waals surface area (Å²) in [7, 11) is 0. The molecule has 0 saturated carbocycles. The van der Waals surface area contributed by atoms with Crippen molar-refractivity contribution in [1.82, 2.24) is 0 Å². The zero-order chi connectivity index (χ0) is 8.65. The fraction of sp³-hybridized carbons (Fsp3) is 0.857. The highest BCUT2D eigenvalue weighted by Crippen LogP contribution is 2.27. The Morgan fingerprint density at radius 3 is 1.91 bits per heavy atom. The summed E-state index contributed by atoms with van der Waals surface area (Å²) in [5.74, 6) is -2.52. The normalized spacial score (nSPS) is 44.3. The molecule has 1 N–H and O–H groups in total. The molecule has 4 heteroatoms. The maximum Gasteiger partial charge on any atom is 0.364 e. The molecule has 0 bridgehead atoms. The molecule has 0 aliphatic carbocycles. The second kappa shape index (κ2) is 2.46. The van der Waals surface area contributed by atoms with Gasteiger partial charge in [-0.25, -0.2) is 4.79 Å². The van der Waals surface area contributed by atoms with Crippen LogP contribution in [-0.2, 0) is 14.3 Å². The van der Waals surface area contributed by atoms with Crippen LogP contribution in [0, 0.1) is 0 Å². The second-order valence-corrected chi connectivity index (χ2v) is 2.90. The van der Waals surface area contributed by atoms with E-state index in [4.69, 9.17) is 14.6 Å². The van der Waals surface area contributed by atoms with Crippen molar-refractivity contribution < 1.29 is 19.4 Å². The first-order valence-electron chi connectivity index (χ1n) is 3.55. The Labute approximate surface area is 65.1 Å². The lowest BCUT2D eigenvalue weighted by atomic mass is 10.3. The van der Waals surface area contributed by atoms with E-state index in [2.05, 4.69) is 0 Å². The molecule has 0 aromatic rings. The number of hydrogen-bond acceptors (Lipinski definition) is 3. The number of carboxylic acid groups (broad SMARTS) is 1. The molecule has 0 radical (unpaired) electrons. The van der Waals surface area contributed by atoms with Gasteiger partial charge < -0.3 is 14.6 Å². The van der Waals surface area contributed by atoms with Crippen molar-refractivity contribution in [3.05, 3.63) is 0 Å². The third-order valence-corrected chi connectivity index (χ3v) is 1.87. The number of carboxylic acids is 1. The van der Waals surface area contributed by atoms with Gasteiger partial charge in [0.05, 0.1) is 12.2 Å². The van der Waals surface area contributed by atoms with E-state index in [0.717, 1.165) is 0 Å². The molecule has 64 valence electrons. The number of carbonyl (C=O) groups is 1. The monoisotopic (exact) mass is 160 g/mol. The summed E-state index contributed by atoms with van der Waals surface area (Å²) in [5, 5.41) is 8.66. The van der Waals surface area contributed by atoms with Gasteiger partial charge in [0.15, 0.2) is 0 Å². The van der Waals surface area contributed by atoms with Crippen molar-refractivity contribution in [3.63, 3.8) is 0 Å². The average Bonchev–Trinajstić information content (AvgIpc) is 2.09. The van der Waals surface area contributed by atoms with Crippen LogP contribution in [0.15, 0.2) is 0 Å². The maximum absolute atomic E-state index is 10.6. The minimum absolute atomic E-state index is 0.156. The summed E-state index contributed by atoms with van der Waals surface area (Å²) in [5.41, 5.74) is 0. The third kappa shape index (κ3) is 1.36. The Balaban J connectivity index is 2.71. The smallest absolute Gasteiger partial charge is 0.364 e. The lowest BCUT2D eigenvalue weighted by molar-refractivity contribution is -0.201. The zero-order valence-electron chi connectivity index (χ0n) is 6.83. The molecule has 0 amide bonds. The van der Waals surface area contributed by atoms with Gasteiger partial charge in [-0.2, -0.15) is 0 Å². The van der Waals surface area contributed by atoms with Gasteiger partial charge in [0.25, 0.3) is 5.79 Å². The molecule has 1 rings (SSSR count). The highest BCUT2D eigenvalue weighted by atomic mass is 16.8. The van der Waals surface area contributed by atoms with Crippen molar-refractivity contribution in [2.45, 2.75) is 38.8 Å². The van der Waals surface area contributed by atoms with E-state index in [1.54, 1.807) is 13.8 Å². The van der Waals surface area contributed by atoms with Gasteiger partial charge in [-0.05, 0) is 13.8 Å². The van der Waals surface area contributed by atoms with E-state index in [1.807, 2.05) is 0 Å². The quantitative estimate of drug-likeness (QED) is 0.610. The molecule has 1 aliphatic heterocycles. The van der Waals surface area contributed by atoms with E-state index in [9.17, 15) is 4.79 Å². The van der Waals surface area contributed by atoms with Crippen molar-refractivity contribution in [2.24, 2.45) is 0 Å². The molecule has 1 fully saturated rings. The van der Waals surface area contributed by atoms with Crippen LogP contribution in [0.25, 0.3) is 0 Å². The van der Waals surface area contributed by atoms with Gasteiger partial charge in [0.1, 0.15) is 0 Å². The Bertz CT molecular complexity index is 167. The molecular formula is C7H12O4. The van der Waals surface area contributed by atoms with E-state index < -0.39 is 11.8 Å². The Morgan fingerprint density at radius 2 is 1.73 bits per heavy atom. The largest absolute Gasteiger partial charge is 0.477 e. The molecule has 0 aromatic carbocycles. The first-order valence-corrected chi connectivity index (χ1v) is 3.55. The number of hydrogen-bond donors (Lipinski definition) is 1. The van der Waals surface area contributed by atoms with E-state index >= 15 is 0 Å².